The minimum Gasteiger partial charge on any atom is -0.477 e. The first kappa shape index (κ1) is 16.2. The van der Waals surface area contributed by atoms with Crippen LogP contribution < -0.4 is 4.72 Å². The van der Waals surface area contributed by atoms with Gasteiger partial charge in [-0.1, -0.05) is 11.6 Å². The zero-order valence-electron chi connectivity index (χ0n) is 9.93. The summed E-state index contributed by atoms with van der Waals surface area (Å²) in [5, 5.41) is 9.01. The summed E-state index contributed by atoms with van der Waals surface area (Å²) < 4.78 is 40.1. The Balaban J connectivity index is 2.43. The van der Waals surface area contributed by atoms with E-state index in [0.717, 1.165) is 29.5 Å². The van der Waals surface area contributed by atoms with Crippen LogP contribution in [0.3, 0.4) is 0 Å². The van der Waals surface area contributed by atoms with E-state index in [2.05, 4.69) is 15.9 Å². The van der Waals surface area contributed by atoms with Gasteiger partial charge in [0.1, 0.15) is 15.6 Å². The monoisotopic (exact) mass is 413 g/mol. The molecule has 0 atom stereocenters. The van der Waals surface area contributed by atoms with Gasteiger partial charge < -0.3 is 5.11 Å². The summed E-state index contributed by atoms with van der Waals surface area (Å²) in [4.78, 5) is 10.4. The maximum Gasteiger partial charge on any atom is 0.345 e. The van der Waals surface area contributed by atoms with Crippen LogP contribution in [0.5, 0.6) is 0 Å². The fourth-order valence-corrected chi connectivity index (χ4v) is 5.05. The Morgan fingerprint density at radius 1 is 1.38 bits per heavy atom. The van der Waals surface area contributed by atoms with Crippen molar-refractivity contribution in [1.82, 2.24) is 0 Å². The van der Waals surface area contributed by atoms with E-state index in [0.29, 0.717) is 0 Å². The SMILES string of the molecule is O=C(O)c1cc(S(=O)(=O)Nc2cc(Cl)ccc2F)c(Br)s1. The summed E-state index contributed by atoms with van der Waals surface area (Å²) in [5.41, 5.74) is -0.322. The summed E-state index contributed by atoms with van der Waals surface area (Å²) >= 11 is 9.41. The molecule has 2 N–H and O–H groups in total. The molecular formula is C11H6BrClFNO4S2. The van der Waals surface area contributed by atoms with E-state index < -0.39 is 21.8 Å². The molecule has 0 aliphatic carbocycles. The van der Waals surface area contributed by atoms with Gasteiger partial charge in [0.15, 0.2) is 0 Å². The number of hydrogen-bond acceptors (Lipinski definition) is 4. The fraction of sp³-hybridized carbons (Fsp3) is 0. The first-order chi connectivity index (χ1) is 9.70. The van der Waals surface area contributed by atoms with Crippen LogP contribution in [0.4, 0.5) is 10.1 Å². The van der Waals surface area contributed by atoms with Crippen LogP contribution in [0.2, 0.25) is 5.02 Å². The Kier molecular flexibility index (Phi) is 4.57. The molecule has 0 saturated carbocycles. The van der Waals surface area contributed by atoms with E-state index in [1.54, 1.807) is 0 Å². The molecule has 10 heteroatoms. The Bertz CT molecular complexity index is 822. The third kappa shape index (κ3) is 3.54. The lowest BCUT2D eigenvalue weighted by Crippen LogP contribution is -2.13. The summed E-state index contributed by atoms with van der Waals surface area (Å²) in [6.45, 7) is 0. The number of carbonyl (C=O) groups is 1. The van der Waals surface area contributed by atoms with Gasteiger partial charge in [0, 0.05) is 5.02 Å². The molecule has 0 aliphatic rings. The van der Waals surface area contributed by atoms with E-state index in [1.807, 2.05) is 4.72 Å². The summed E-state index contributed by atoms with van der Waals surface area (Å²) in [7, 11) is -4.14. The van der Waals surface area contributed by atoms with Gasteiger partial charge in [-0.05, 0) is 40.2 Å². The van der Waals surface area contributed by atoms with Crippen molar-refractivity contribution in [1.29, 1.82) is 0 Å². The summed E-state index contributed by atoms with van der Waals surface area (Å²) in [5.74, 6) is -2.05. The van der Waals surface area contributed by atoms with Crippen LogP contribution in [0.25, 0.3) is 0 Å². The molecule has 0 radical (unpaired) electrons. The Morgan fingerprint density at radius 3 is 2.62 bits per heavy atom. The number of aromatic carboxylic acids is 1. The third-order valence-corrected chi connectivity index (χ3v) is 6.17. The highest BCUT2D eigenvalue weighted by Crippen LogP contribution is 2.33. The van der Waals surface area contributed by atoms with Crippen LogP contribution in [0.1, 0.15) is 9.67 Å². The molecule has 0 aliphatic heterocycles. The second kappa shape index (κ2) is 5.91. The van der Waals surface area contributed by atoms with Crippen molar-refractivity contribution >= 4 is 60.5 Å². The van der Waals surface area contributed by atoms with Gasteiger partial charge in [-0.15, -0.1) is 11.3 Å². The first-order valence-corrected chi connectivity index (χ1v) is 8.68. The number of carboxylic acids is 1. The van der Waals surface area contributed by atoms with Crippen molar-refractivity contribution in [2.75, 3.05) is 4.72 Å². The van der Waals surface area contributed by atoms with Gasteiger partial charge in [-0.2, -0.15) is 0 Å². The molecule has 0 spiro atoms. The smallest absolute Gasteiger partial charge is 0.345 e. The maximum absolute atomic E-state index is 13.6. The topological polar surface area (TPSA) is 83.5 Å². The number of sulfonamides is 1. The molecule has 0 fully saturated rings. The van der Waals surface area contributed by atoms with Gasteiger partial charge in [0.05, 0.1) is 9.47 Å². The van der Waals surface area contributed by atoms with Crippen molar-refractivity contribution < 1.29 is 22.7 Å². The van der Waals surface area contributed by atoms with Gasteiger partial charge in [-0.25, -0.2) is 17.6 Å². The zero-order chi connectivity index (χ0) is 15.8. The first-order valence-electron chi connectivity index (χ1n) is 5.21. The number of thiophene rings is 1. The number of anilines is 1. The molecule has 5 nitrogen and oxygen atoms in total. The highest BCUT2D eigenvalue weighted by molar-refractivity contribution is 9.11. The lowest BCUT2D eigenvalue weighted by atomic mass is 10.3. The normalized spacial score (nSPS) is 11.4. The van der Waals surface area contributed by atoms with E-state index in [4.69, 9.17) is 16.7 Å². The number of nitrogens with one attached hydrogen (secondary N) is 1. The van der Waals surface area contributed by atoms with Crippen LogP contribution in [0, 0.1) is 5.82 Å². The molecule has 0 amide bonds. The summed E-state index contributed by atoms with van der Waals surface area (Å²) in [6.07, 6.45) is 0. The van der Waals surface area contributed by atoms with E-state index in [9.17, 15) is 17.6 Å². The molecule has 0 unspecified atom stereocenters. The van der Waals surface area contributed by atoms with Gasteiger partial charge in [0.25, 0.3) is 10.0 Å². The van der Waals surface area contributed by atoms with E-state index >= 15 is 0 Å². The summed E-state index contributed by atoms with van der Waals surface area (Å²) in [6, 6.07) is 4.40. The second-order valence-electron chi connectivity index (χ2n) is 3.78. The average molecular weight is 415 g/mol. The number of halogens is 3. The van der Waals surface area contributed by atoms with E-state index in [1.165, 1.54) is 6.07 Å². The van der Waals surface area contributed by atoms with Crippen molar-refractivity contribution in [2.45, 2.75) is 4.90 Å². The lowest BCUT2D eigenvalue weighted by molar-refractivity contribution is 0.0702. The number of benzene rings is 1. The maximum atomic E-state index is 13.6. The van der Waals surface area contributed by atoms with Gasteiger partial charge >= 0.3 is 5.97 Å². The number of carboxylic acid groups (broad SMARTS) is 1. The minimum atomic E-state index is -4.14. The highest BCUT2D eigenvalue weighted by atomic mass is 79.9. The predicted octanol–water partition coefficient (Wildman–Crippen LogP) is 3.80. The van der Waals surface area contributed by atoms with Crippen molar-refractivity contribution in [3.63, 3.8) is 0 Å². The van der Waals surface area contributed by atoms with Gasteiger partial charge in [-0.3, -0.25) is 4.72 Å². The standard InChI is InChI=1S/C11H6BrClFNO4S2/c12-10-9(4-8(20-10)11(16)17)21(18,19)15-7-3-5(13)1-2-6(7)14/h1-4,15H,(H,16,17). The molecule has 1 aromatic carbocycles. The Labute approximate surface area is 136 Å². The zero-order valence-corrected chi connectivity index (χ0v) is 13.9. The molecular weight excluding hydrogens is 409 g/mol. The number of hydrogen-bond donors (Lipinski definition) is 2. The van der Waals surface area contributed by atoms with Crippen LogP contribution in [0.15, 0.2) is 32.9 Å². The third-order valence-electron chi connectivity index (χ3n) is 2.33. The van der Waals surface area contributed by atoms with Gasteiger partial charge in [0.2, 0.25) is 0 Å². The number of rotatable bonds is 4. The van der Waals surface area contributed by atoms with Crippen molar-refractivity contribution in [3.8, 4) is 0 Å². The molecule has 0 saturated heterocycles. The lowest BCUT2D eigenvalue weighted by Gasteiger charge is -2.08. The van der Waals surface area contributed by atoms with Crippen LogP contribution >= 0.6 is 38.9 Å². The Morgan fingerprint density at radius 2 is 2.05 bits per heavy atom. The molecule has 21 heavy (non-hydrogen) atoms. The molecule has 2 rings (SSSR count). The molecule has 0 bridgehead atoms. The predicted molar refractivity (Wildman–Crippen MR) is 81.2 cm³/mol. The van der Waals surface area contributed by atoms with Crippen molar-refractivity contribution in [3.05, 3.63) is 43.8 Å². The highest BCUT2D eigenvalue weighted by Gasteiger charge is 2.24. The average Bonchev–Trinajstić information content (AvgIpc) is 2.77. The quantitative estimate of drug-likeness (QED) is 0.797. The largest absolute Gasteiger partial charge is 0.477 e. The molecule has 2 aromatic rings. The van der Waals surface area contributed by atoms with Crippen LogP contribution in [-0.2, 0) is 10.0 Å². The second-order valence-corrected chi connectivity index (χ2v) is 8.24. The van der Waals surface area contributed by atoms with Crippen LogP contribution in [-0.4, -0.2) is 19.5 Å². The van der Waals surface area contributed by atoms with Crippen molar-refractivity contribution in [2.24, 2.45) is 0 Å². The Hall–Kier alpha value is -1.16. The molecule has 112 valence electrons. The molecule has 1 aromatic heterocycles. The fourth-order valence-electron chi connectivity index (χ4n) is 1.42. The van der Waals surface area contributed by atoms with E-state index in [-0.39, 0.29) is 24.3 Å². The minimum absolute atomic E-state index is 0.106. The molecule has 1 heterocycles.